The Morgan fingerprint density at radius 2 is 1.66 bits per heavy atom. The molecule has 2 N–H and O–H groups in total. The van der Waals surface area contributed by atoms with Crippen LogP contribution in [0, 0.1) is 0 Å². The molecule has 0 aliphatic rings. The van der Waals surface area contributed by atoms with Gasteiger partial charge in [0.05, 0.1) is 28.5 Å². The van der Waals surface area contributed by atoms with Crippen molar-refractivity contribution in [3.8, 4) is 5.69 Å². The second-order valence-electron chi connectivity index (χ2n) is 8.32. The van der Waals surface area contributed by atoms with E-state index in [9.17, 15) is 14.4 Å². The van der Waals surface area contributed by atoms with Gasteiger partial charge in [-0.05, 0) is 42.7 Å². The number of hydrazine groups is 1. The Hall–Kier alpha value is -3.98. The van der Waals surface area contributed by atoms with Crippen molar-refractivity contribution in [2.24, 2.45) is 0 Å². The van der Waals surface area contributed by atoms with Gasteiger partial charge < -0.3 is 0 Å². The van der Waals surface area contributed by atoms with Gasteiger partial charge in [0, 0.05) is 17.0 Å². The molecule has 180 valence electrons. The van der Waals surface area contributed by atoms with Crippen LogP contribution in [0.4, 0.5) is 0 Å². The third-order valence-electron chi connectivity index (χ3n) is 5.48. The summed E-state index contributed by atoms with van der Waals surface area (Å²) in [5.41, 5.74) is 6.44. The maximum Gasteiger partial charge on any atom is 0.290 e. The second-order valence-corrected chi connectivity index (χ2v) is 8.75. The number of carbonyl (C=O) groups excluding carboxylic acids is 2. The van der Waals surface area contributed by atoms with Gasteiger partial charge in [0.25, 0.3) is 17.4 Å². The molecule has 0 atom stereocenters. The largest absolute Gasteiger partial charge is 0.290 e. The molecule has 0 saturated carbocycles. The van der Waals surface area contributed by atoms with Gasteiger partial charge in [0.1, 0.15) is 0 Å². The number of halogens is 1. The lowest BCUT2D eigenvalue weighted by molar-refractivity contribution is 0.0843. The fourth-order valence-corrected chi connectivity index (χ4v) is 4.01. The van der Waals surface area contributed by atoms with Crippen molar-refractivity contribution in [3.63, 3.8) is 0 Å². The summed E-state index contributed by atoms with van der Waals surface area (Å²) >= 11 is 5.99. The van der Waals surface area contributed by atoms with Crippen LogP contribution >= 0.6 is 11.6 Å². The summed E-state index contributed by atoms with van der Waals surface area (Å²) in [5.74, 6) is -1.18. The van der Waals surface area contributed by atoms with Crippen LogP contribution < -0.4 is 16.4 Å². The molecule has 4 aromatic rings. The van der Waals surface area contributed by atoms with E-state index in [0.717, 1.165) is 5.69 Å². The number of hydrogen-bond acceptors (Lipinski definition) is 5. The molecule has 0 fully saturated rings. The second kappa shape index (κ2) is 10.1. The van der Waals surface area contributed by atoms with Gasteiger partial charge in [-0.3, -0.25) is 25.2 Å². The van der Waals surface area contributed by atoms with Gasteiger partial charge in [-0.1, -0.05) is 50.6 Å². The summed E-state index contributed by atoms with van der Waals surface area (Å²) in [5, 5.41) is 10.0. The number of benzene rings is 2. The SMILES string of the molecule is CCCn1nc(C(=O)NNC(=O)c2cnn(-c3ccc(Cl)cc3)c2C(C)C)c2ccccc2c1=O. The average Bonchev–Trinajstić information content (AvgIpc) is 3.30. The molecule has 0 aliphatic carbocycles. The lowest BCUT2D eigenvalue weighted by Crippen LogP contribution is -2.43. The summed E-state index contributed by atoms with van der Waals surface area (Å²) in [6.07, 6.45) is 2.14. The van der Waals surface area contributed by atoms with Crippen LogP contribution in [-0.2, 0) is 6.54 Å². The number of hydrogen-bond donors (Lipinski definition) is 2. The molecule has 35 heavy (non-hydrogen) atoms. The van der Waals surface area contributed by atoms with Gasteiger partial charge in [-0.25, -0.2) is 9.36 Å². The van der Waals surface area contributed by atoms with Crippen LogP contribution in [0.1, 0.15) is 59.7 Å². The van der Waals surface area contributed by atoms with Gasteiger partial charge in [-0.15, -0.1) is 0 Å². The highest BCUT2D eigenvalue weighted by atomic mass is 35.5. The summed E-state index contributed by atoms with van der Waals surface area (Å²) in [4.78, 5) is 38.7. The van der Waals surface area contributed by atoms with E-state index in [-0.39, 0.29) is 17.2 Å². The molecule has 0 bridgehead atoms. The predicted octanol–water partition coefficient (Wildman–Crippen LogP) is 3.84. The Kier molecular flexibility index (Phi) is 6.97. The van der Waals surface area contributed by atoms with Crippen molar-refractivity contribution < 1.29 is 9.59 Å². The molecule has 0 saturated heterocycles. The first-order valence-corrected chi connectivity index (χ1v) is 11.6. The summed E-state index contributed by atoms with van der Waals surface area (Å²) in [6.45, 7) is 6.19. The highest BCUT2D eigenvalue weighted by molar-refractivity contribution is 6.30. The number of amides is 2. The van der Waals surface area contributed by atoms with Gasteiger partial charge in [0.2, 0.25) is 0 Å². The molecule has 2 amide bonds. The van der Waals surface area contributed by atoms with Crippen molar-refractivity contribution in [1.82, 2.24) is 30.4 Å². The molecule has 2 aromatic heterocycles. The predicted molar refractivity (Wildman–Crippen MR) is 134 cm³/mol. The van der Waals surface area contributed by atoms with E-state index >= 15 is 0 Å². The third-order valence-corrected chi connectivity index (χ3v) is 5.73. The van der Waals surface area contributed by atoms with E-state index in [0.29, 0.717) is 40.0 Å². The number of aromatic nitrogens is 4. The van der Waals surface area contributed by atoms with Crippen molar-refractivity contribution in [3.05, 3.63) is 87.1 Å². The minimum Gasteiger partial charge on any atom is -0.267 e. The van der Waals surface area contributed by atoms with E-state index in [2.05, 4.69) is 21.0 Å². The molecule has 0 unspecified atom stereocenters. The monoisotopic (exact) mass is 492 g/mol. The van der Waals surface area contributed by atoms with Crippen molar-refractivity contribution >= 4 is 34.2 Å². The fraction of sp³-hybridized carbons (Fsp3) is 0.240. The number of fused-ring (bicyclic) bond motifs is 1. The Morgan fingerprint density at radius 3 is 2.31 bits per heavy atom. The Labute approximate surface area is 206 Å². The zero-order chi connectivity index (χ0) is 25.1. The summed E-state index contributed by atoms with van der Waals surface area (Å²) in [6, 6.07) is 13.9. The average molecular weight is 493 g/mol. The normalized spacial score (nSPS) is 11.1. The minimum absolute atomic E-state index is 0.0344. The number of rotatable bonds is 6. The highest BCUT2D eigenvalue weighted by Gasteiger charge is 2.22. The standard InChI is InChI=1S/C25H25ClN6O3/c1-4-13-31-25(35)19-8-6-5-7-18(19)21(30-31)24(34)29-28-23(33)20-14-27-32(22(20)15(2)3)17-11-9-16(26)10-12-17/h5-12,14-15H,4,13H2,1-3H3,(H,28,33)(H,29,34). The van der Waals surface area contributed by atoms with E-state index in [1.165, 1.54) is 10.9 Å². The zero-order valence-electron chi connectivity index (χ0n) is 19.6. The number of nitrogens with zero attached hydrogens (tertiary/aromatic N) is 4. The third kappa shape index (κ3) is 4.81. The smallest absolute Gasteiger partial charge is 0.267 e. The molecule has 4 rings (SSSR count). The molecular weight excluding hydrogens is 468 g/mol. The molecule has 0 spiro atoms. The van der Waals surface area contributed by atoms with Gasteiger partial charge in [-0.2, -0.15) is 10.2 Å². The molecule has 2 aromatic carbocycles. The maximum absolute atomic E-state index is 13.0. The molecule has 10 heteroatoms. The van der Waals surface area contributed by atoms with Crippen LogP contribution in [0.5, 0.6) is 0 Å². The van der Waals surface area contributed by atoms with E-state index in [4.69, 9.17) is 11.6 Å². The van der Waals surface area contributed by atoms with Crippen molar-refractivity contribution in [2.45, 2.75) is 39.7 Å². The van der Waals surface area contributed by atoms with Crippen LogP contribution in [0.3, 0.4) is 0 Å². The Morgan fingerprint density at radius 1 is 1.00 bits per heavy atom. The van der Waals surface area contributed by atoms with Gasteiger partial charge in [0.15, 0.2) is 5.69 Å². The summed E-state index contributed by atoms with van der Waals surface area (Å²) < 4.78 is 2.94. The van der Waals surface area contributed by atoms with E-state index in [1.54, 1.807) is 41.1 Å². The van der Waals surface area contributed by atoms with Crippen LogP contribution in [0.15, 0.2) is 59.5 Å². The van der Waals surface area contributed by atoms with Crippen LogP contribution in [-0.4, -0.2) is 31.4 Å². The van der Waals surface area contributed by atoms with Gasteiger partial charge >= 0.3 is 0 Å². The van der Waals surface area contributed by atoms with Crippen LogP contribution in [0.2, 0.25) is 5.02 Å². The first-order chi connectivity index (χ1) is 16.8. The van der Waals surface area contributed by atoms with E-state index in [1.807, 2.05) is 32.9 Å². The highest BCUT2D eigenvalue weighted by Crippen LogP contribution is 2.24. The lowest BCUT2D eigenvalue weighted by atomic mass is 10.1. The van der Waals surface area contributed by atoms with E-state index < -0.39 is 11.8 Å². The van der Waals surface area contributed by atoms with Crippen molar-refractivity contribution in [1.29, 1.82) is 0 Å². The molecule has 0 radical (unpaired) electrons. The molecule has 2 heterocycles. The quantitative estimate of drug-likeness (QED) is 0.397. The maximum atomic E-state index is 13.0. The van der Waals surface area contributed by atoms with Crippen LogP contribution in [0.25, 0.3) is 16.5 Å². The number of carbonyl (C=O) groups is 2. The first-order valence-electron chi connectivity index (χ1n) is 11.3. The zero-order valence-corrected chi connectivity index (χ0v) is 20.3. The first kappa shape index (κ1) is 24.2. The molecule has 0 aliphatic heterocycles. The number of aryl methyl sites for hydroxylation is 1. The molecule has 9 nitrogen and oxygen atoms in total. The topological polar surface area (TPSA) is 111 Å². The lowest BCUT2D eigenvalue weighted by Gasteiger charge is -2.14. The Bertz CT molecular complexity index is 1460. The Balaban J connectivity index is 1.61. The minimum atomic E-state index is -0.629. The fourth-order valence-electron chi connectivity index (χ4n) is 3.88. The van der Waals surface area contributed by atoms with Crippen molar-refractivity contribution in [2.75, 3.05) is 0 Å². The number of nitrogens with one attached hydrogen (secondary N) is 2. The molecular formula is C25H25ClN6O3. The summed E-state index contributed by atoms with van der Waals surface area (Å²) in [7, 11) is 0.